The van der Waals surface area contributed by atoms with E-state index >= 15 is 0 Å². The Morgan fingerprint density at radius 1 is 1.50 bits per heavy atom. The number of rotatable bonds is 3. The second-order valence-electron chi connectivity index (χ2n) is 3.33. The number of ether oxygens (including phenoxy) is 1. The molecule has 0 saturated carbocycles. The maximum absolute atomic E-state index is 11.2. The molecule has 0 fully saturated rings. The molecular weight excluding hydrogens is 321 g/mol. The van der Waals surface area contributed by atoms with Gasteiger partial charge in [-0.05, 0) is 28.7 Å². The Morgan fingerprint density at radius 3 is 2.81 bits per heavy atom. The molecule has 0 aliphatic rings. The second kappa shape index (κ2) is 4.42. The van der Waals surface area contributed by atoms with Crippen LogP contribution < -0.4 is 0 Å². The minimum Gasteiger partial charge on any atom is -0.477 e. The van der Waals surface area contributed by atoms with Crippen LogP contribution in [0.25, 0.3) is 10.9 Å². The molecule has 0 saturated heterocycles. The number of hydrogen-bond acceptors (Lipinski definition) is 2. The van der Waals surface area contributed by atoms with Crippen LogP contribution in [-0.4, -0.2) is 22.8 Å². The Hall–Kier alpha value is -1.08. The Morgan fingerprint density at radius 2 is 2.19 bits per heavy atom. The molecular formula is C11H10INO3. The van der Waals surface area contributed by atoms with Crippen LogP contribution in [0.4, 0.5) is 0 Å². The molecule has 5 heteroatoms. The van der Waals surface area contributed by atoms with E-state index in [9.17, 15) is 9.90 Å². The van der Waals surface area contributed by atoms with Crippen molar-refractivity contribution >= 4 is 39.5 Å². The van der Waals surface area contributed by atoms with Crippen LogP contribution in [0.5, 0.6) is 0 Å². The van der Waals surface area contributed by atoms with Gasteiger partial charge in [-0.3, -0.25) is 0 Å². The van der Waals surface area contributed by atoms with Crippen molar-refractivity contribution in [3.8, 4) is 0 Å². The number of nitrogens with zero attached hydrogens (tertiary/aromatic N) is 1. The fraction of sp³-hybridized carbons (Fsp3) is 0.182. The predicted molar refractivity (Wildman–Crippen MR) is 68.6 cm³/mol. The minimum atomic E-state index is -0.933. The minimum absolute atomic E-state index is 0.241. The number of carboxylic acids is 1. The summed E-state index contributed by atoms with van der Waals surface area (Å²) in [5, 5.41) is 10.1. The molecule has 2 rings (SSSR count). The number of methoxy groups -OCH3 is 1. The molecule has 0 aliphatic heterocycles. The molecule has 0 atom stereocenters. The Labute approximate surface area is 106 Å². The molecule has 4 nitrogen and oxygen atoms in total. The number of carboxylic acid groups (broad SMARTS) is 1. The number of carbonyl (C=O) groups is 1. The summed E-state index contributed by atoms with van der Waals surface area (Å²) >= 11 is 2.06. The summed E-state index contributed by atoms with van der Waals surface area (Å²) in [5.41, 5.74) is 1.16. The van der Waals surface area contributed by atoms with Crippen molar-refractivity contribution in [1.29, 1.82) is 0 Å². The topological polar surface area (TPSA) is 51.5 Å². The summed E-state index contributed by atoms with van der Waals surface area (Å²) < 4.78 is 7.45. The van der Waals surface area contributed by atoms with Gasteiger partial charge in [-0.25, -0.2) is 4.79 Å². The van der Waals surface area contributed by atoms with E-state index in [0.29, 0.717) is 0 Å². The molecule has 0 radical (unpaired) electrons. The van der Waals surface area contributed by atoms with Gasteiger partial charge < -0.3 is 14.4 Å². The highest BCUT2D eigenvalue weighted by molar-refractivity contribution is 14.1. The fourth-order valence-electron chi connectivity index (χ4n) is 1.73. The lowest BCUT2D eigenvalue weighted by molar-refractivity contribution is 0.0662. The first-order valence-electron chi connectivity index (χ1n) is 4.65. The molecule has 0 spiro atoms. The first-order chi connectivity index (χ1) is 7.66. The number of para-hydroxylation sites is 1. The number of aromatic nitrogens is 1. The van der Waals surface area contributed by atoms with Crippen LogP contribution in [-0.2, 0) is 11.5 Å². The van der Waals surface area contributed by atoms with Gasteiger partial charge in [0.05, 0.1) is 9.09 Å². The van der Waals surface area contributed by atoms with E-state index in [-0.39, 0.29) is 12.4 Å². The van der Waals surface area contributed by atoms with Gasteiger partial charge in [0.1, 0.15) is 12.4 Å². The van der Waals surface area contributed by atoms with E-state index in [1.807, 2.05) is 24.3 Å². The zero-order chi connectivity index (χ0) is 11.7. The standard InChI is InChI=1S/C11H10INO3/c1-16-6-13-8-5-3-2-4-7(8)9(12)10(13)11(14)15/h2-5H,6H2,1H3,(H,14,15). The highest BCUT2D eigenvalue weighted by atomic mass is 127. The molecule has 1 N–H and O–H groups in total. The van der Waals surface area contributed by atoms with Gasteiger partial charge in [0.2, 0.25) is 0 Å². The third-order valence-electron chi connectivity index (χ3n) is 2.37. The highest BCUT2D eigenvalue weighted by Gasteiger charge is 2.19. The van der Waals surface area contributed by atoms with Crippen LogP contribution in [0.3, 0.4) is 0 Å². The van der Waals surface area contributed by atoms with Gasteiger partial charge in [-0.1, -0.05) is 18.2 Å². The molecule has 0 bridgehead atoms. The largest absolute Gasteiger partial charge is 0.477 e. The first kappa shape index (κ1) is 11.4. The van der Waals surface area contributed by atoms with Gasteiger partial charge in [0.25, 0.3) is 0 Å². The summed E-state index contributed by atoms with van der Waals surface area (Å²) in [6.45, 7) is 0.241. The average Bonchev–Trinajstić information content (AvgIpc) is 2.54. The number of benzene rings is 1. The zero-order valence-corrected chi connectivity index (χ0v) is 10.8. The Bertz CT molecular complexity index is 547. The summed E-state index contributed by atoms with van der Waals surface area (Å²) in [7, 11) is 1.55. The number of fused-ring (bicyclic) bond motifs is 1. The van der Waals surface area contributed by atoms with Crippen molar-refractivity contribution in [2.75, 3.05) is 7.11 Å². The Kier molecular flexibility index (Phi) is 3.15. The van der Waals surface area contributed by atoms with Gasteiger partial charge in [0, 0.05) is 12.5 Å². The quantitative estimate of drug-likeness (QED) is 0.880. The molecule has 1 aromatic carbocycles. The maximum atomic E-state index is 11.2. The maximum Gasteiger partial charge on any atom is 0.353 e. The normalized spacial score (nSPS) is 10.9. The van der Waals surface area contributed by atoms with Gasteiger partial charge in [-0.2, -0.15) is 0 Å². The van der Waals surface area contributed by atoms with Crippen molar-refractivity contribution in [2.45, 2.75) is 6.73 Å². The zero-order valence-electron chi connectivity index (χ0n) is 8.61. The van der Waals surface area contributed by atoms with Gasteiger partial charge >= 0.3 is 5.97 Å². The first-order valence-corrected chi connectivity index (χ1v) is 5.73. The molecule has 2 aromatic rings. The molecule has 84 valence electrons. The lowest BCUT2D eigenvalue weighted by Crippen LogP contribution is -2.10. The number of halogens is 1. The average molecular weight is 331 g/mol. The summed E-state index contributed by atoms with van der Waals surface area (Å²) in [6, 6.07) is 7.59. The fourth-order valence-corrected chi connectivity index (χ4v) is 2.71. The molecule has 0 amide bonds. The Balaban J connectivity index is 2.80. The SMILES string of the molecule is COCn1c(C(=O)O)c(I)c2ccccc21. The molecule has 1 aromatic heterocycles. The van der Waals surface area contributed by atoms with Crippen molar-refractivity contribution in [2.24, 2.45) is 0 Å². The van der Waals surface area contributed by atoms with Crippen molar-refractivity contribution in [1.82, 2.24) is 4.57 Å². The lowest BCUT2D eigenvalue weighted by atomic mass is 10.2. The lowest BCUT2D eigenvalue weighted by Gasteiger charge is -2.06. The van der Waals surface area contributed by atoms with E-state index in [4.69, 9.17) is 4.74 Å². The van der Waals surface area contributed by atoms with Crippen LogP contribution in [0.2, 0.25) is 0 Å². The smallest absolute Gasteiger partial charge is 0.353 e. The van der Waals surface area contributed by atoms with E-state index in [0.717, 1.165) is 14.5 Å². The van der Waals surface area contributed by atoms with E-state index < -0.39 is 5.97 Å². The summed E-state index contributed by atoms with van der Waals surface area (Å²) in [4.78, 5) is 11.2. The molecule has 16 heavy (non-hydrogen) atoms. The second-order valence-corrected chi connectivity index (χ2v) is 4.41. The van der Waals surface area contributed by atoms with Crippen molar-refractivity contribution in [3.63, 3.8) is 0 Å². The number of hydrogen-bond donors (Lipinski definition) is 1. The number of aromatic carboxylic acids is 1. The van der Waals surface area contributed by atoms with Crippen LogP contribution >= 0.6 is 22.6 Å². The van der Waals surface area contributed by atoms with Gasteiger partial charge in [-0.15, -0.1) is 0 Å². The van der Waals surface area contributed by atoms with E-state index in [1.54, 1.807) is 11.7 Å². The summed E-state index contributed by atoms with van der Waals surface area (Å²) in [6.07, 6.45) is 0. The van der Waals surface area contributed by atoms with Crippen molar-refractivity contribution < 1.29 is 14.6 Å². The van der Waals surface area contributed by atoms with Crippen LogP contribution in [0.1, 0.15) is 10.5 Å². The molecule has 1 heterocycles. The van der Waals surface area contributed by atoms with Crippen LogP contribution in [0, 0.1) is 3.57 Å². The molecule has 0 unspecified atom stereocenters. The van der Waals surface area contributed by atoms with Gasteiger partial charge in [0.15, 0.2) is 0 Å². The van der Waals surface area contributed by atoms with Crippen molar-refractivity contribution in [3.05, 3.63) is 33.5 Å². The summed E-state index contributed by atoms with van der Waals surface area (Å²) in [5.74, 6) is -0.933. The predicted octanol–water partition coefficient (Wildman–Crippen LogP) is 2.55. The highest BCUT2D eigenvalue weighted by Crippen LogP contribution is 2.27. The van der Waals surface area contributed by atoms with E-state index in [1.165, 1.54) is 0 Å². The third-order valence-corrected chi connectivity index (χ3v) is 3.46. The van der Waals surface area contributed by atoms with E-state index in [2.05, 4.69) is 22.6 Å². The third kappa shape index (κ3) is 1.69. The van der Waals surface area contributed by atoms with Crippen LogP contribution in [0.15, 0.2) is 24.3 Å². The molecule has 0 aliphatic carbocycles. The monoisotopic (exact) mass is 331 g/mol.